The van der Waals surface area contributed by atoms with E-state index in [4.69, 9.17) is 4.42 Å². The predicted molar refractivity (Wildman–Crippen MR) is 65.5 cm³/mol. The lowest BCUT2D eigenvalue weighted by Gasteiger charge is -2.11. The Morgan fingerprint density at radius 3 is 2.76 bits per heavy atom. The maximum Gasteiger partial charge on any atom is 0.182 e. The third-order valence-electron chi connectivity index (χ3n) is 2.95. The number of aromatic hydroxyl groups is 1. The summed E-state index contributed by atoms with van der Waals surface area (Å²) in [6.45, 7) is 1.97. The number of rotatable bonds is 0. The van der Waals surface area contributed by atoms with Gasteiger partial charge in [-0.3, -0.25) is 4.79 Å². The van der Waals surface area contributed by atoms with E-state index in [-0.39, 0.29) is 11.2 Å². The highest BCUT2D eigenvalue weighted by Gasteiger charge is 2.12. The highest BCUT2D eigenvalue weighted by Crippen LogP contribution is 2.33. The van der Waals surface area contributed by atoms with Crippen molar-refractivity contribution in [2.75, 3.05) is 0 Å². The molecule has 1 aliphatic carbocycles. The molecule has 0 aromatic heterocycles. The molecule has 17 heavy (non-hydrogen) atoms. The van der Waals surface area contributed by atoms with Gasteiger partial charge in [-0.1, -0.05) is 0 Å². The summed E-state index contributed by atoms with van der Waals surface area (Å²) >= 11 is 0. The van der Waals surface area contributed by atoms with Crippen molar-refractivity contribution in [2.45, 2.75) is 6.92 Å². The molecule has 2 aliphatic rings. The molecule has 1 aromatic carbocycles. The Labute approximate surface area is 97.3 Å². The van der Waals surface area contributed by atoms with Gasteiger partial charge in [-0.25, -0.2) is 0 Å². The Balaban J connectivity index is 2.53. The van der Waals surface area contributed by atoms with E-state index in [0.717, 1.165) is 16.5 Å². The quantitative estimate of drug-likeness (QED) is 0.599. The molecular formula is C14H10O3. The van der Waals surface area contributed by atoms with Crippen LogP contribution in [0.1, 0.15) is 5.56 Å². The second kappa shape index (κ2) is 3.35. The normalized spacial score (nSPS) is 11.1. The lowest BCUT2D eigenvalue weighted by atomic mass is 10.0. The minimum absolute atomic E-state index is 0.0832. The smallest absolute Gasteiger partial charge is 0.182 e. The number of phenolic OH excluding ortho intramolecular Hbond substituents is 1. The monoisotopic (exact) mass is 226 g/mol. The number of fused-ring (bicyclic) bond motifs is 2. The third-order valence-corrected chi connectivity index (χ3v) is 2.95. The fourth-order valence-corrected chi connectivity index (χ4v) is 2.07. The van der Waals surface area contributed by atoms with E-state index in [1.54, 1.807) is 18.2 Å². The van der Waals surface area contributed by atoms with Crippen molar-refractivity contribution in [1.29, 1.82) is 0 Å². The van der Waals surface area contributed by atoms with Crippen LogP contribution in [0.2, 0.25) is 0 Å². The standard InChI is InChI=1S/C14H10O3/c1-8-11-4-2-9(15)6-13(11)17-14-7-10(16)3-5-12(8)14/h2-7,15H,1H3. The van der Waals surface area contributed by atoms with E-state index in [9.17, 15) is 9.90 Å². The van der Waals surface area contributed by atoms with Gasteiger partial charge in [0.1, 0.15) is 17.1 Å². The van der Waals surface area contributed by atoms with E-state index in [0.29, 0.717) is 11.3 Å². The van der Waals surface area contributed by atoms with Gasteiger partial charge in [0.2, 0.25) is 0 Å². The molecule has 0 saturated carbocycles. The maximum atomic E-state index is 11.3. The molecule has 1 aromatic rings. The molecule has 3 nitrogen and oxygen atoms in total. The first-order valence-electron chi connectivity index (χ1n) is 5.31. The summed E-state index contributed by atoms with van der Waals surface area (Å²) in [4.78, 5) is 11.3. The Bertz CT molecular complexity index is 740. The lowest BCUT2D eigenvalue weighted by molar-refractivity contribution is 0.474. The zero-order valence-corrected chi connectivity index (χ0v) is 9.23. The van der Waals surface area contributed by atoms with Crippen LogP contribution in [0.15, 0.2) is 45.6 Å². The molecule has 1 heterocycles. The number of phenols is 1. The number of benzene rings is 2. The Morgan fingerprint density at radius 2 is 1.94 bits per heavy atom. The van der Waals surface area contributed by atoms with Crippen LogP contribution < -0.4 is 5.43 Å². The average Bonchev–Trinajstić information content (AvgIpc) is 2.28. The van der Waals surface area contributed by atoms with Crippen molar-refractivity contribution in [3.8, 4) is 17.1 Å². The Morgan fingerprint density at radius 1 is 1.12 bits per heavy atom. The van der Waals surface area contributed by atoms with E-state index in [1.165, 1.54) is 12.1 Å². The molecule has 1 aliphatic heterocycles. The zero-order chi connectivity index (χ0) is 12.0. The topological polar surface area (TPSA) is 50.4 Å². The van der Waals surface area contributed by atoms with Crippen LogP contribution in [0.3, 0.4) is 0 Å². The Kier molecular flexibility index (Phi) is 1.95. The lowest BCUT2D eigenvalue weighted by Crippen LogP contribution is -1.99. The first-order valence-corrected chi connectivity index (χ1v) is 5.31. The van der Waals surface area contributed by atoms with E-state index >= 15 is 0 Å². The van der Waals surface area contributed by atoms with Crippen LogP contribution in [0, 0.1) is 6.92 Å². The largest absolute Gasteiger partial charge is 0.508 e. The third kappa shape index (κ3) is 1.47. The summed E-state index contributed by atoms with van der Waals surface area (Å²) < 4.78 is 5.63. The molecule has 84 valence electrons. The predicted octanol–water partition coefficient (Wildman–Crippen LogP) is 2.91. The van der Waals surface area contributed by atoms with Gasteiger partial charge in [0.25, 0.3) is 0 Å². The molecule has 3 heteroatoms. The molecule has 0 atom stereocenters. The fourth-order valence-electron chi connectivity index (χ4n) is 2.07. The SMILES string of the molecule is Cc1c2ccc(=O)cc-2oc2cc(O)ccc12. The van der Waals surface area contributed by atoms with Gasteiger partial charge in [0, 0.05) is 23.1 Å². The molecule has 0 unspecified atom stereocenters. The molecule has 0 fully saturated rings. The minimum Gasteiger partial charge on any atom is -0.508 e. The van der Waals surface area contributed by atoms with Crippen molar-refractivity contribution >= 4 is 11.0 Å². The molecule has 3 rings (SSSR count). The van der Waals surface area contributed by atoms with Gasteiger partial charge < -0.3 is 9.52 Å². The molecular weight excluding hydrogens is 216 g/mol. The molecule has 0 bridgehead atoms. The number of aryl methyl sites for hydroxylation is 1. The van der Waals surface area contributed by atoms with Gasteiger partial charge in [-0.05, 0) is 36.8 Å². The van der Waals surface area contributed by atoms with Crippen LogP contribution in [0.5, 0.6) is 5.75 Å². The van der Waals surface area contributed by atoms with Crippen molar-refractivity contribution in [1.82, 2.24) is 0 Å². The van der Waals surface area contributed by atoms with Crippen LogP contribution in [-0.4, -0.2) is 5.11 Å². The van der Waals surface area contributed by atoms with Gasteiger partial charge in [0.15, 0.2) is 5.43 Å². The summed E-state index contributed by atoms with van der Waals surface area (Å²) in [6, 6.07) is 9.75. The molecule has 0 radical (unpaired) electrons. The molecule has 1 N–H and O–H groups in total. The van der Waals surface area contributed by atoms with Crippen LogP contribution >= 0.6 is 0 Å². The van der Waals surface area contributed by atoms with Crippen LogP contribution in [-0.2, 0) is 0 Å². The van der Waals surface area contributed by atoms with E-state index in [1.807, 2.05) is 13.0 Å². The first kappa shape index (κ1) is 9.90. The van der Waals surface area contributed by atoms with Crippen molar-refractivity contribution in [2.24, 2.45) is 0 Å². The second-order valence-electron chi connectivity index (χ2n) is 4.07. The summed E-state index contributed by atoms with van der Waals surface area (Å²) in [5, 5.41) is 10.4. The van der Waals surface area contributed by atoms with Crippen LogP contribution in [0.4, 0.5) is 0 Å². The highest BCUT2D eigenvalue weighted by molar-refractivity contribution is 5.88. The molecule has 0 saturated heterocycles. The van der Waals surface area contributed by atoms with Gasteiger partial charge in [0.05, 0.1) is 0 Å². The first-order chi connectivity index (χ1) is 8.15. The van der Waals surface area contributed by atoms with Crippen molar-refractivity contribution < 1.29 is 9.52 Å². The maximum absolute atomic E-state index is 11.3. The average molecular weight is 226 g/mol. The summed E-state index contributed by atoms with van der Waals surface area (Å²) in [5.74, 6) is 0.700. The highest BCUT2D eigenvalue weighted by atomic mass is 16.3. The second-order valence-corrected chi connectivity index (χ2v) is 4.07. The Hall–Kier alpha value is -2.29. The molecule has 0 spiro atoms. The van der Waals surface area contributed by atoms with Crippen molar-refractivity contribution in [3.63, 3.8) is 0 Å². The van der Waals surface area contributed by atoms with Crippen molar-refractivity contribution in [3.05, 3.63) is 52.2 Å². The van der Waals surface area contributed by atoms with E-state index < -0.39 is 0 Å². The number of hydrogen-bond acceptors (Lipinski definition) is 3. The van der Waals surface area contributed by atoms with Crippen LogP contribution in [0.25, 0.3) is 22.3 Å². The minimum atomic E-state index is -0.0832. The van der Waals surface area contributed by atoms with Gasteiger partial charge in [-0.2, -0.15) is 0 Å². The summed E-state index contributed by atoms with van der Waals surface area (Å²) in [7, 11) is 0. The van der Waals surface area contributed by atoms with Gasteiger partial charge in [-0.15, -0.1) is 0 Å². The zero-order valence-electron chi connectivity index (χ0n) is 9.23. The molecule has 0 amide bonds. The van der Waals surface area contributed by atoms with E-state index in [2.05, 4.69) is 0 Å². The van der Waals surface area contributed by atoms with Gasteiger partial charge >= 0.3 is 0 Å². The summed E-state index contributed by atoms with van der Waals surface area (Å²) in [6.07, 6.45) is 0. The fraction of sp³-hybridized carbons (Fsp3) is 0.0714. The number of hydrogen-bond donors (Lipinski definition) is 1. The summed E-state index contributed by atoms with van der Waals surface area (Å²) in [5.41, 5.74) is 2.46.